The van der Waals surface area contributed by atoms with E-state index in [1.165, 1.54) is 0 Å². The third-order valence-electron chi connectivity index (χ3n) is 3.56. The highest BCUT2D eigenvalue weighted by Crippen LogP contribution is 2.25. The second-order valence-electron chi connectivity index (χ2n) is 6.76. The third kappa shape index (κ3) is 6.49. The van der Waals surface area contributed by atoms with Crippen molar-refractivity contribution >= 4 is 21.6 Å². The zero-order chi connectivity index (χ0) is 18.4. The molecule has 0 atom stereocenters. The van der Waals surface area contributed by atoms with Gasteiger partial charge >= 0.3 is 0 Å². The maximum atomic E-state index is 12.1. The lowest BCUT2D eigenvalue weighted by Crippen LogP contribution is -2.40. The minimum absolute atomic E-state index is 0.0207. The Balaban J connectivity index is 2.85. The number of carbonyl (C=O) groups is 1. The average molecular weight is 356 g/mol. The van der Waals surface area contributed by atoms with E-state index in [0.717, 1.165) is 16.1 Å². The van der Waals surface area contributed by atoms with Crippen LogP contribution in [0, 0.1) is 0 Å². The van der Waals surface area contributed by atoms with Crippen LogP contribution >= 0.6 is 0 Å². The number of amides is 1. The van der Waals surface area contributed by atoms with E-state index in [1.54, 1.807) is 19.2 Å². The zero-order valence-corrected chi connectivity index (χ0v) is 15.9. The van der Waals surface area contributed by atoms with Crippen LogP contribution in [0.1, 0.15) is 32.8 Å². The summed E-state index contributed by atoms with van der Waals surface area (Å²) in [6, 6.07) is 7.26. The molecule has 1 rings (SSSR count). The van der Waals surface area contributed by atoms with E-state index in [1.807, 2.05) is 12.1 Å². The van der Waals surface area contributed by atoms with Crippen molar-refractivity contribution in [1.29, 1.82) is 0 Å². The first-order chi connectivity index (χ1) is 11.1. The van der Waals surface area contributed by atoms with Crippen molar-refractivity contribution < 1.29 is 17.9 Å². The summed E-state index contributed by atoms with van der Waals surface area (Å²) >= 11 is 0. The number of nitrogens with zero attached hydrogens (tertiary/aromatic N) is 1. The molecule has 0 aliphatic heterocycles. The molecule has 0 fully saturated rings. The molecule has 0 bridgehead atoms. The van der Waals surface area contributed by atoms with Crippen molar-refractivity contribution in [1.82, 2.24) is 5.32 Å². The maximum absolute atomic E-state index is 12.1. The van der Waals surface area contributed by atoms with E-state index < -0.39 is 10.0 Å². The van der Waals surface area contributed by atoms with E-state index >= 15 is 0 Å². The van der Waals surface area contributed by atoms with Crippen molar-refractivity contribution in [3.63, 3.8) is 0 Å². The molecule has 1 amide bonds. The number of hydrogen-bond acceptors (Lipinski definition) is 4. The van der Waals surface area contributed by atoms with Gasteiger partial charge in [0.15, 0.2) is 0 Å². The van der Waals surface area contributed by atoms with Crippen molar-refractivity contribution in [2.45, 2.75) is 32.6 Å². The number of ether oxygens (including phenoxy) is 1. The molecule has 6 nitrogen and oxygen atoms in total. The van der Waals surface area contributed by atoms with Crippen LogP contribution in [0.5, 0.6) is 0 Å². The van der Waals surface area contributed by atoms with Gasteiger partial charge in [0.05, 0.1) is 11.9 Å². The number of rotatable bonds is 8. The Kier molecular flexibility index (Phi) is 7.23. The molecule has 0 heterocycles. The number of anilines is 1. The highest BCUT2D eigenvalue weighted by molar-refractivity contribution is 7.92. The van der Waals surface area contributed by atoms with Crippen molar-refractivity contribution in [3.8, 4) is 0 Å². The van der Waals surface area contributed by atoms with Gasteiger partial charge in [-0.25, -0.2) is 8.42 Å². The molecule has 0 spiro atoms. The SMILES string of the molecule is COCCCNC(=O)CN(c1ccc(C(C)(C)C)cc1)S(C)(=O)=O. The van der Waals surface area contributed by atoms with Crippen molar-refractivity contribution in [2.75, 3.05) is 37.4 Å². The maximum Gasteiger partial charge on any atom is 0.240 e. The van der Waals surface area contributed by atoms with Crippen LogP contribution in [0.2, 0.25) is 0 Å². The molecule has 0 saturated heterocycles. The Morgan fingerprint density at radius 3 is 2.25 bits per heavy atom. The van der Waals surface area contributed by atoms with Crippen LogP contribution in [0.4, 0.5) is 5.69 Å². The van der Waals surface area contributed by atoms with E-state index in [2.05, 4.69) is 26.1 Å². The predicted octanol–water partition coefficient (Wildman–Crippen LogP) is 1.90. The first-order valence-corrected chi connectivity index (χ1v) is 9.74. The molecule has 0 aliphatic carbocycles. The second kappa shape index (κ2) is 8.48. The average Bonchev–Trinajstić information content (AvgIpc) is 2.47. The number of benzene rings is 1. The molecule has 0 aromatic heterocycles. The van der Waals surface area contributed by atoms with Gasteiger partial charge in [0.25, 0.3) is 0 Å². The van der Waals surface area contributed by atoms with Crippen LogP contribution in [0.3, 0.4) is 0 Å². The minimum atomic E-state index is -3.55. The molecular weight excluding hydrogens is 328 g/mol. The summed E-state index contributed by atoms with van der Waals surface area (Å²) in [6.07, 6.45) is 1.78. The molecule has 136 valence electrons. The van der Waals surface area contributed by atoms with Gasteiger partial charge in [-0.1, -0.05) is 32.9 Å². The van der Waals surface area contributed by atoms with E-state index in [0.29, 0.717) is 25.3 Å². The van der Waals surface area contributed by atoms with Gasteiger partial charge in [0.2, 0.25) is 15.9 Å². The molecule has 1 N–H and O–H groups in total. The minimum Gasteiger partial charge on any atom is -0.385 e. The predicted molar refractivity (Wildman–Crippen MR) is 96.8 cm³/mol. The molecule has 1 aromatic rings. The Bertz CT molecular complexity index is 634. The lowest BCUT2D eigenvalue weighted by molar-refractivity contribution is -0.119. The quantitative estimate of drug-likeness (QED) is 0.722. The van der Waals surface area contributed by atoms with Gasteiger partial charge < -0.3 is 10.1 Å². The number of methoxy groups -OCH3 is 1. The first kappa shape index (κ1) is 20.4. The number of hydrogen-bond donors (Lipinski definition) is 1. The van der Waals surface area contributed by atoms with Crippen molar-refractivity contribution in [3.05, 3.63) is 29.8 Å². The Labute approximate surface area is 145 Å². The summed E-state index contributed by atoms with van der Waals surface area (Å²) in [6.45, 7) is 7.02. The second-order valence-corrected chi connectivity index (χ2v) is 8.67. The molecule has 0 radical (unpaired) electrons. The molecule has 7 heteroatoms. The Hall–Kier alpha value is -1.60. The summed E-state index contributed by atoms with van der Waals surface area (Å²) in [4.78, 5) is 12.0. The van der Waals surface area contributed by atoms with Gasteiger partial charge in [-0.2, -0.15) is 0 Å². The monoisotopic (exact) mass is 356 g/mol. The van der Waals surface area contributed by atoms with Crippen LogP contribution in [-0.2, 0) is 25.0 Å². The highest BCUT2D eigenvalue weighted by atomic mass is 32.2. The molecule has 24 heavy (non-hydrogen) atoms. The fraction of sp³-hybridized carbons (Fsp3) is 0.588. The third-order valence-corrected chi connectivity index (χ3v) is 4.70. The molecule has 0 aliphatic rings. The fourth-order valence-electron chi connectivity index (χ4n) is 2.16. The lowest BCUT2D eigenvalue weighted by Gasteiger charge is -2.24. The first-order valence-electron chi connectivity index (χ1n) is 7.89. The van der Waals surface area contributed by atoms with Gasteiger partial charge in [-0.05, 0) is 29.5 Å². The van der Waals surface area contributed by atoms with Crippen LogP contribution in [-0.4, -0.2) is 47.4 Å². The smallest absolute Gasteiger partial charge is 0.240 e. The topological polar surface area (TPSA) is 75.7 Å². The fourth-order valence-corrected chi connectivity index (χ4v) is 3.01. The highest BCUT2D eigenvalue weighted by Gasteiger charge is 2.21. The van der Waals surface area contributed by atoms with Gasteiger partial charge in [-0.3, -0.25) is 9.10 Å². The lowest BCUT2D eigenvalue weighted by atomic mass is 9.87. The molecule has 1 aromatic carbocycles. The Morgan fingerprint density at radius 2 is 1.79 bits per heavy atom. The zero-order valence-electron chi connectivity index (χ0n) is 15.1. The van der Waals surface area contributed by atoms with Gasteiger partial charge in [0, 0.05) is 20.3 Å². The molecule has 0 unspecified atom stereocenters. The van der Waals surface area contributed by atoms with E-state index in [4.69, 9.17) is 4.74 Å². The Morgan fingerprint density at radius 1 is 1.21 bits per heavy atom. The summed E-state index contributed by atoms with van der Waals surface area (Å²) in [5.74, 6) is -0.337. The summed E-state index contributed by atoms with van der Waals surface area (Å²) in [5, 5.41) is 2.70. The van der Waals surface area contributed by atoms with Gasteiger partial charge in [0.1, 0.15) is 6.54 Å². The van der Waals surface area contributed by atoms with E-state index in [-0.39, 0.29) is 17.9 Å². The van der Waals surface area contributed by atoms with Gasteiger partial charge in [-0.15, -0.1) is 0 Å². The van der Waals surface area contributed by atoms with Crippen LogP contribution in [0.25, 0.3) is 0 Å². The summed E-state index contributed by atoms with van der Waals surface area (Å²) in [7, 11) is -1.96. The number of sulfonamides is 1. The summed E-state index contributed by atoms with van der Waals surface area (Å²) in [5.41, 5.74) is 1.56. The summed E-state index contributed by atoms with van der Waals surface area (Å²) < 4.78 is 30.1. The molecular formula is C17H28N2O4S. The molecule has 0 saturated carbocycles. The van der Waals surface area contributed by atoms with Crippen LogP contribution in [0.15, 0.2) is 24.3 Å². The van der Waals surface area contributed by atoms with Crippen molar-refractivity contribution in [2.24, 2.45) is 0 Å². The standard InChI is InChI=1S/C17H28N2O4S/c1-17(2,3)14-7-9-15(10-8-14)19(24(5,21)22)13-16(20)18-11-6-12-23-4/h7-10H,6,11-13H2,1-5H3,(H,18,20). The largest absolute Gasteiger partial charge is 0.385 e. The normalized spacial score (nSPS) is 12.0. The van der Waals surface area contributed by atoms with Crippen LogP contribution < -0.4 is 9.62 Å². The number of carbonyl (C=O) groups excluding carboxylic acids is 1. The van der Waals surface area contributed by atoms with E-state index in [9.17, 15) is 13.2 Å². The number of nitrogens with one attached hydrogen (secondary N) is 1.